The maximum Gasteiger partial charge on any atom is 0.246 e. The molecule has 2 heterocycles. The van der Waals surface area contributed by atoms with E-state index in [4.69, 9.17) is 16.6 Å². The van der Waals surface area contributed by atoms with E-state index in [0.717, 1.165) is 47.2 Å². The molecule has 4 rings (SSSR count). The van der Waals surface area contributed by atoms with E-state index in [0.29, 0.717) is 11.5 Å². The first-order valence-electron chi connectivity index (χ1n) is 10.00. The second-order valence-electron chi connectivity index (χ2n) is 7.48. The maximum absolute atomic E-state index is 11.9. The van der Waals surface area contributed by atoms with Crippen LogP contribution in [0.4, 0.5) is 5.69 Å². The van der Waals surface area contributed by atoms with Gasteiger partial charge in [-0.15, -0.1) is 0 Å². The number of aliphatic imine (C=N–C) groups is 2. The predicted molar refractivity (Wildman–Crippen MR) is 122 cm³/mol. The first-order valence-corrected chi connectivity index (χ1v) is 10.4. The van der Waals surface area contributed by atoms with Crippen molar-refractivity contribution in [2.45, 2.75) is 26.3 Å². The minimum absolute atomic E-state index is 0.141. The number of hydrogen-bond acceptors (Lipinski definition) is 5. The van der Waals surface area contributed by atoms with Crippen LogP contribution in [0.1, 0.15) is 23.1 Å². The molecule has 0 saturated carbocycles. The van der Waals surface area contributed by atoms with Gasteiger partial charge in [-0.05, 0) is 44.0 Å². The van der Waals surface area contributed by atoms with Crippen molar-refractivity contribution in [1.29, 1.82) is 0 Å². The highest BCUT2D eigenvalue weighted by Crippen LogP contribution is 2.21. The monoisotopic (exact) mass is 421 g/mol. The summed E-state index contributed by atoms with van der Waals surface area (Å²) < 4.78 is 0. The van der Waals surface area contributed by atoms with Gasteiger partial charge in [0.2, 0.25) is 5.91 Å². The molecule has 0 saturated heterocycles. The van der Waals surface area contributed by atoms with Gasteiger partial charge in [0.05, 0.1) is 5.70 Å². The van der Waals surface area contributed by atoms with E-state index in [1.54, 1.807) is 6.08 Å². The Kier molecular flexibility index (Phi) is 5.86. The third kappa shape index (κ3) is 4.54. The molecule has 6 nitrogen and oxygen atoms in total. The predicted octanol–water partition coefficient (Wildman–Crippen LogP) is 3.59. The fourth-order valence-electron chi connectivity index (χ4n) is 3.37. The number of nitrogens with one attached hydrogen (secondary N) is 3. The fourth-order valence-corrected chi connectivity index (χ4v) is 3.49. The lowest BCUT2D eigenvalue weighted by Gasteiger charge is -2.22. The Morgan fingerprint density at radius 2 is 1.80 bits per heavy atom. The van der Waals surface area contributed by atoms with Crippen LogP contribution >= 0.6 is 11.6 Å². The van der Waals surface area contributed by atoms with Crippen molar-refractivity contribution in [2.24, 2.45) is 9.98 Å². The number of carbonyl (C=O) groups excluding carboxylic acids is 1. The summed E-state index contributed by atoms with van der Waals surface area (Å²) in [6.45, 7) is 5.56. The standard InChI is InChI=1S/C23H24ClN5O/c1-14-4-6-16(7-5-14)22-27-19-13-20(30)28-21(19)23(29-22)26-11-3-10-25-17-8-9-18(24)15(2)12-17/h4-9,12-13,21,25H,3,10-11H2,1-2H3,(H,28,30)(H,26,27,29). The average molecular weight is 422 g/mol. The molecule has 154 valence electrons. The van der Waals surface area contributed by atoms with Crippen LogP contribution in [0.5, 0.6) is 0 Å². The summed E-state index contributed by atoms with van der Waals surface area (Å²) in [6, 6.07) is 13.7. The fraction of sp³-hybridized carbons (Fsp3) is 0.261. The van der Waals surface area contributed by atoms with E-state index >= 15 is 0 Å². The summed E-state index contributed by atoms with van der Waals surface area (Å²) in [5.74, 6) is 1.20. The van der Waals surface area contributed by atoms with Crippen LogP contribution in [0.2, 0.25) is 5.02 Å². The van der Waals surface area contributed by atoms with Crippen LogP contribution in [-0.2, 0) is 4.79 Å². The second-order valence-corrected chi connectivity index (χ2v) is 7.89. The van der Waals surface area contributed by atoms with Crippen molar-refractivity contribution in [3.63, 3.8) is 0 Å². The van der Waals surface area contributed by atoms with Gasteiger partial charge in [-0.1, -0.05) is 41.4 Å². The highest BCUT2D eigenvalue weighted by Gasteiger charge is 2.32. The van der Waals surface area contributed by atoms with Crippen molar-refractivity contribution >= 4 is 34.9 Å². The largest absolute Gasteiger partial charge is 0.385 e. The van der Waals surface area contributed by atoms with Gasteiger partial charge in [0, 0.05) is 35.4 Å². The van der Waals surface area contributed by atoms with Crippen molar-refractivity contribution in [3.8, 4) is 0 Å². The van der Waals surface area contributed by atoms with Gasteiger partial charge in [0.15, 0.2) is 5.84 Å². The molecule has 1 unspecified atom stereocenters. The van der Waals surface area contributed by atoms with Crippen molar-refractivity contribution in [1.82, 2.24) is 10.6 Å². The molecule has 0 fully saturated rings. The number of hydrogen-bond donors (Lipinski definition) is 3. The number of carbonyl (C=O) groups is 1. The molecule has 2 aromatic carbocycles. The Bertz CT molecular complexity index is 1060. The van der Waals surface area contributed by atoms with E-state index in [9.17, 15) is 4.79 Å². The van der Waals surface area contributed by atoms with E-state index in [-0.39, 0.29) is 11.9 Å². The first-order chi connectivity index (χ1) is 14.5. The number of nitrogens with zero attached hydrogens (tertiary/aromatic N) is 2. The highest BCUT2D eigenvalue weighted by molar-refractivity contribution is 6.31. The minimum atomic E-state index is -0.307. The summed E-state index contributed by atoms with van der Waals surface area (Å²) in [4.78, 5) is 21.2. The molecular formula is C23H24ClN5O. The quantitative estimate of drug-likeness (QED) is 0.624. The molecule has 2 aliphatic rings. The van der Waals surface area contributed by atoms with E-state index < -0.39 is 0 Å². The highest BCUT2D eigenvalue weighted by atomic mass is 35.5. The third-order valence-corrected chi connectivity index (χ3v) is 5.48. The molecule has 0 aromatic heterocycles. The Morgan fingerprint density at radius 1 is 1.03 bits per heavy atom. The average Bonchev–Trinajstić information content (AvgIpc) is 3.11. The van der Waals surface area contributed by atoms with E-state index in [1.807, 2.05) is 56.3 Å². The van der Waals surface area contributed by atoms with Gasteiger partial charge in [-0.3, -0.25) is 4.79 Å². The second kappa shape index (κ2) is 8.71. The minimum Gasteiger partial charge on any atom is -0.385 e. The number of aryl methyl sites for hydroxylation is 2. The van der Waals surface area contributed by atoms with Gasteiger partial charge in [0.25, 0.3) is 0 Å². The lowest BCUT2D eigenvalue weighted by atomic mass is 10.1. The molecule has 0 bridgehead atoms. The zero-order valence-corrected chi connectivity index (χ0v) is 17.8. The van der Waals surface area contributed by atoms with Gasteiger partial charge in [0.1, 0.15) is 11.9 Å². The number of halogens is 1. The molecule has 1 amide bonds. The van der Waals surface area contributed by atoms with Gasteiger partial charge >= 0.3 is 0 Å². The summed E-state index contributed by atoms with van der Waals surface area (Å²) in [5.41, 5.74) is 4.90. The van der Waals surface area contributed by atoms with Crippen LogP contribution < -0.4 is 16.0 Å². The summed E-state index contributed by atoms with van der Waals surface area (Å²) in [7, 11) is 0. The zero-order valence-electron chi connectivity index (χ0n) is 17.0. The summed E-state index contributed by atoms with van der Waals surface area (Å²) >= 11 is 6.07. The number of amidine groups is 2. The summed E-state index contributed by atoms with van der Waals surface area (Å²) in [6.07, 6.45) is 2.43. The smallest absolute Gasteiger partial charge is 0.246 e. The van der Waals surface area contributed by atoms with Crippen molar-refractivity contribution < 1.29 is 4.79 Å². The molecule has 30 heavy (non-hydrogen) atoms. The molecule has 2 aromatic rings. The maximum atomic E-state index is 11.9. The number of benzene rings is 2. The van der Waals surface area contributed by atoms with E-state index in [1.165, 1.54) is 5.56 Å². The number of fused-ring (bicyclic) bond motifs is 1. The molecule has 2 aliphatic heterocycles. The number of rotatable bonds is 6. The Hall–Kier alpha value is -3.12. The topological polar surface area (TPSA) is 77.9 Å². The van der Waals surface area contributed by atoms with Crippen LogP contribution in [0.3, 0.4) is 0 Å². The van der Waals surface area contributed by atoms with E-state index in [2.05, 4.69) is 20.9 Å². The lowest BCUT2D eigenvalue weighted by Crippen LogP contribution is -2.46. The van der Waals surface area contributed by atoms with Crippen molar-refractivity contribution in [2.75, 3.05) is 18.4 Å². The Morgan fingerprint density at radius 3 is 2.57 bits per heavy atom. The zero-order chi connectivity index (χ0) is 21.1. The van der Waals surface area contributed by atoms with Crippen LogP contribution in [0.15, 0.2) is 64.2 Å². The lowest BCUT2D eigenvalue weighted by molar-refractivity contribution is -0.115. The van der Waals surface area contributed by atoms with Gasteiger partial charge in [-0.25, -0.2) is 9.98 Å². The molecule has 1 atom stereocenters. The molecule has 0 spiro atoms. The summed E-state index contributed by atoms with van der Waals surface area (Å²) in [5, 5.41) is 10.5. The number of amides is 1. The molecule has 0 radical (unpaired) electrons. The molecule has 7 heteroatoms. The Labute approximate surface area is 181 Å². The van der Waals surface area contributed by atoms with Crippen LogP contribution in [0, 0.1) is 13.8 Å². The molecule has 3 N–H and O–H groups in total. The van der Waals surface area contributed by atoms with Gasteiger partial charge in [-0.2, -0.15) is 0 Å². The normalized spacial score (nSPS) is 17.5. The Balaban J connectivity index is 1.38. The van der Waals surface area contributed by atoms with Crippen LogP contribution in [0.25, 0.3) is 0 Å². The molecule has 0 aliphatic carbocycles. The van der Waals surface area contributed by atoms with Crippen molar-refractivity contribution in [3.05, 3.63) is 76.0 Å². The first kappa shape index (κ1) is 20.2. The number of anilines is 1. The SMILES string of the molecule is Cc1ccc(C2=NC3=CC(=O)NC3C(NCCCNc3ccc(Cl)c(C)c3)=N2)cc1. The van der Waals surface area contributed by atoms with Crippen LogP contribution in [-0.4, -0.2) is 36.7 Å². The third-order valence-electron chi connectivity index (χ3n) is 5.05. The molecular weight excluding hydrogens is 398 g/mol. The van der Waals surface area contributed by atoms with Gasteiger partial charge < -0.3 is 16.0 Å².